The third kappa shape index (κ3) is 6.63. The second-order valence-electron chi connectivity index (χ2n) is 8.31. The van der Waals surface area contributed by atoms with Crippen LogP contribution in [0.5, 0.6) is 11.5 Å². The Morgan fingerprint density at radius 3 is 2.26 bits per heavy atom. The van der Waals surface area contributed by atoms with Crippen LogP contribution in [-0.2, 0) is 9.59 Å². The smallest absolute Gasteiger partial charge is 0.239 e. The Morgan fingerprint density at radius 1 is 0.971 bits per heavy atom. The molecule has 1 unspecified atom stereocenters. The van der Waals surface area contributed by atoms with Gasteiger partial charge in [-0.15, -0.1) is 0 Å². The minimum Gasteiger partial charge on any atom is -0.490 e. The van der Waals surface area contributed by atoms with E-state index in [4.69, 9.17) is 9.47 Å². The lowest BCUT2D eigenvalue weighted by atomic mass is 10.2. The largest absolute Gasteiger partial charge is 0.490 e. The summed E-state index contributed by atoms with van der Waals surface area (Å²) in [6, 6.07) is 15.2. The minimum atomic E-state index is -0.395. The van der Waals surface area contributed by atoms with Crippen molar-refractivity contribution in [3.8, 4) is 11.5 Å². The first kappa shape index (κ1) is 25.4. The van der Waals surface area contributed by atoms with E-state index in [0.29, 0.717) is 43.5 Å². The number of piperazine rings is 1. The quantitative estimate of drug-likeness (QED) is 0.578. The Labute approximate surface area is 202 Å². The maximum Gasteiger partial charge on any atom is 0.239 e. The molecular weight excluding hydrogens is 432 g/mol. The van der Waals surface area contributed by atoms with E-state index in [-0.39, 0.29) is 18.4 Å². The van der Waals surface area contributed by atoms with E-state index in [1.165, 1.54) is 5.69 Å². The van der Waals surface area contributed by atoms with Crippen molar-refractivity contribution in [2.24, 2.45) is 0 Å². The molecule has 2 aromatic carbocycles. The number of carbonyl (C=O) groups excluding carboxylic acids is 2. The van der Waals surface area contributed by atoms with Gasteiger partial charge in [0, 0.05) is 43.6 Å². The molecule has 2 amide bonds. The monoisotopic (exact) mass is 468 g/mol. The van der Waals surface area contributed by atoms with Crippen LogP contribution in [0.4, 0.5) is 11.4 Å². The fourth-order valence-corrected chi connectivity index (χ4v) is 3.97. The highest BCUT2D eigenvalue weighted by molar-refractivity contribution is 5.93. The van der Waals surface area contributed by atoms with Crippen LogP contribution in [0.25, 0.3) is 0 Å². The number of carbonyl (C=O) groups is 2. The van der Waals surface area contributed by atoms with Crippen molar-refractivity contribution in [2.75, 3.05) is 63.2 Å². The molecule has 184 valence electrons. The predicted octanol–water partition coefficient (Wildman–Crippen LogP) is 3.09. The second kappa shape index (κ2) is 12.3. The van der Waals surface area contributed by atoms with Crippen LogP contribution >= 0.6 is 0 Å². The summed E-state index contributed by atoms with van der Waals surface area (Å²) in [7, 11) is 1.80. The number of hydrogen-bond acceptors (Lipinski definition) is 6. The fourth-order valence-electron chi connectivity index (χ4n) is 3.97. The summed E-state index contributed by atoms with van der Waals surface area (Å²) in [5, 5.41) is 2.89. The summed E-state index contributed by atoms with van der Waals surface area (Å²) in [5.41, 5.74) is 1.81. The van der Waals surface area contributed by atoms with Gasteiger partial charge in [-0.1, -0.05) is 18.2 Å². The molecule has 1 saturated heterocycles. The van der Waals surface area contributed by atoms with Crippen molar-refractivity contribution in [1.82, 2.24) is 9.80 Å². The van der Waals surface area contributed by atoms with Crippen LogP contribution in [0, 0.1) is 0 Å². The first-order valence-electron chi connectivity index (χ1n) is 11.9. The van der Waals surface area contributed by atoms with Gasteiger partial charge in [0.25, 0.3) is 0 Å². The number of ether oxygens (including phenoxy) is 2. The highest BCUT2D eigenvalue weighted by atomic mass is 16.5. The maximum atomic E-state index is 13.0. The summed E-state index contributed by atoms with van der Waals surface area (Å²) in [6.07, 6.45) is 0. The van der Waals surface area contributed by atoms with Gasteiger partial charge in [-0.05, 0) is 52.1 Å². The number of anilines is 2. The molecule has 3 rings (SSSR count). The average molecular weight is 469 g/mol. The summed E-state index contributed by atoms with van der Waals surface area (Å²) >= 11 is 0. The molecule has 2 aromatic rings. The van der Waals surface area contributed by atoms with E-state index in [1.54, 1.807) is 30.1 Å². The second-order valence-corrected chi connectivity index (χ2v) is 8.31. The predicted molar refractivity (Wildman–Crippen MR) is 135 cm³/mol. The van der Waals surface area contributed by atoms with Gasteiger partial charge < -0.3 is 24.6 Å². The SMILES string of the molecule is CCOc1ccc(NC(=O)CN(C)C(C)C(=O)N2CCN(c3ccccc3)CC2)cc1OCC. The van der Waals surface area contributed by atoms with Gasteiger partial charge in [-0.3, -0.25) is 14.5 Å². The van der Waals surface area contributed by atoms with Crippen molar-refractivity contribution in [2.45, 2.75) is 26.8 Å². The number of nitrogens with one attached hydrogen (secondary N) is 1. The van der Waals surface area contributed by atoms with E-state index in [1.807, 2.05) is 43.9 Å². The Balaban J connectivity index is 1.51. The van der Waals surface area contributed by atoms with Crippen molar-refractivity contribution < 1.29 is 19.1 Å². The summed E-state index contributed by atoms with van der Waals surface area (Å²) in [5.74, 6) is 1.09. The van der Waals surface area contributed by atoms with Crippen LogP contribution in [0.1, 0.15) is 20.8 Å². The average Bonchev–Trinajstić information content (AvgIpc) is 2.85. The summed E-state index contributed by atoms with van der Waals surface area (Å²) in [4.78, 5) is 31.6. The third-order valence-electron chi connectivity index (χ3n) is 5.95. The Hall–Kier alpha value is -3.26. The molecule has 0 saturated carbocycles. The zero-order chi connectivity index (χ0) is 24.5. The maximum absolute atomic E-state index is 13.0. The van der Waals surface area contributed by atoms with Crippen molar-refractivity contribution in [1.29, 1.82) is 0 Å². The molecule has 1 N–H and O–H groups in total. The van der Waals surface area contributed by atoms with Gasteiger partial charge in [0.1, 0.15) is 0 Å². The number of nitrogens with zero attached hydrogens (tertiary/aromatic N) is 3. The van der Waals surface area contributed by atoms with E-state index in [0.717, 1.165) is 13.1 Å². The number of benzene rings is 2. The van der Waals surface area contributed by atoms with Crippen molar-refractivity contribution in [3.63, 3.8) is 0 Å². The van der Waals surface area contributed by atoms with E-state index < -0.39 is 6.04 Å². The van der Waals surface area contributed by atoms with Gasteiger partial charge >= 0.3 is 0 Å². The molecule has 1 atom stereocenters. The van der Waals surface area contributed by atoms with Gasteiger partial charge in [0.2, 0.25) is 11.8 Å². The van der Waals surface area contributed by atoms with Gasteiger partial charge in [-0.25, -0.2) is 0 Å². The van der Waals surface area contributed by atoms with Crippen LogP contribution in [-0.4, -0.2) is 80.6 Å². The van der Waals surface area contributed by atoms with Crippen molar-refractivity contribution >= 4 is 23.2 Å². The number of likely N-dealkylation sites (N-methyl/N-ethyl adjacent to an activating group) is 1. The molecular formula is C26H36N4O4. The normalized spacial score (nSPS) is 14.6. The fraction of sp³-hybridized carbons (Fsp3) is 0.462. The lowest BCUT2D eigenvalue weighted by Crippen LogP contribution is -2.54. The number of hydrogen-bond donors (Lipinski definition) is 1. The lowest BCUT2D eigenvalue weighted by Gasteiger charge is -2.38. The molecule has 1 aliphatic heterocycles. The van der Waals surface area contributed by atoms with E-state index in [9.17, 15) is 9.59 Å². The van der Waals surface area contributed by atoms with Gasteiger partial charge in [-0.2, -0.15) is 0 Å². The van der Waals surface area contributed by atoms with Crippen LogP contribution in [0.3, 0.4) is 0 Å². The summed E-state index contributed by atoms with van der Waals surface area (Å²) < 4.78 is 11.2. The molecule has 1 fully saturated rings. The first-order valence-corrected chi connectivity index (χ1v) is 11.9. The van der Waals surface area contributed by atoms with Crippen LogP contribution < -0.4 is 19.7 Å². The molecule has 0 spiro atoms. The zero-order valence-electron chi connectivity index (χ0n) is 20.6. The molecule has 0 aliphatic carbocycles. The topological polar surface area (TPSA) is 74.4 Å². The zero-order valence-corrected chi connectivity index (χ0v) is 20.6. The van der Waals surface area contributed by atoms with Gasteiger partial charge in [0.15, 0.2) is 11.5 Å². The molecule has 8 heteroatoms. The molecule has 0 aromatic heterocycles. The molecule has 1 heterocycles. The van der Waals surface area contributed by atoms with Gasteiger partial charge in [0.05, 0.1) is 25.8 Å². The van der Waals surface area contributed by atoms with E-state index in [2.05, 4.69) is 22.3 Å². The Morgan fingerprint density at radius 2 is 1.62 bits per heavy atom. The Kier molecular flexibility index (Phi) is 9.16. The van der Waals surface area contributed by atoms with Crippen LogP contribution in [0.2, 0.25) is 0 Å². The first-order chi connectivity index (χ1) is 16.4. The van der Waals surface area contributed by atoms with Crippen LogP contribution in [0.15, 0.2) is 48.5 Å². The Bertz CT molecular complexity index is 945. The molecule has 34 heavy (non-hydrogen) atoms. The standard InChI is InChI=1S/C26H36N4O4/c1-5-33-23-13-12-21(18-24(23)34-6-2)27-25(31)19-28(4)20(3)26(32)30-16-14-29(15-17-30)22-10-8-7-9-11-22/h7-13,18,20H,5-6,14-17,19H2,1-4H3,(H,27,31). The lowest BCUT2D eigenvalue weighted by molar-refractivity contribution is -0.136. The molecule has 0 radical (unpaired) electrons. The minimum absolute atomic E-state index is 0.0442. The molecule has 1 aliphatic rings. The van der Waals surface area contributed by atoms with Crippen molar-refractivity contribution in [3.05, 3.63) is 48.5 Å². The highest BCUT2D eigenvalue weighted by Crippen LogP contribution is 2.30. The number of amides is 2. The highest BCUT2D eigenvalue weighted by Gasteiger charge is 2.28. The molecule has 0 bridgehead atoms. The number of para-hydroxylation sites is 1. The third-order valence-corrected chi connectivity index (χ3v) is 5.95. The molecule has 8 nitrogen and oxygen atoms in total. The number of rotatable bonds is 10. The van der Waals surface area contributed by atoms with E-state index >= 15 is 0 Å². The summed E-state index contributed by atoms with van der Waals surface area (Å²) in [6.45, 7) is 9.73.